The molecule has 1 aliphatic rings. The lowest BCUT2D eigenvalue weighted by Crippen LogP contribution is -2.35. The van der Waals surface area contributed by atoms with E-state index in [0.717, 1.165) is 6.42 Å². The summed E-state index contributed by atoms with van der Waals surface area (Å²) in [7, 11) is 0. The third-order valence-electron chi connectivity index (χ3n) is 2.84. The topological polar surface area (TPSA) is 44.1 Å². The van der Waals surface area contributed by atoms with Crippen molar-refractivity contribution in [3.8, 4) is 6.07 Å². The maximum absolute atomic E-state index is 13.7. The number of carbonyl (C=O) groups excluding carboxylic acids is 1. The van der Waals surface area contributed by atoms with Crippen molar-refractivity contribution in [1.29, 1.82) is 5.26 Å². The minimum Gasteiger partial charge on any atom is -0.323 e. The van der Waals surface area contributed by atoms with Crippen LogP contribution in [0.1, 0.15) is 23.2 Å². The number of nitriles is 1. The lowest BCUT2D eigenvalue weighted by atomic mass is 10.1. The fourth-order valence-electron chi connectivity index (χ4n) is 1.97. The van der Waals surface area contributed by atoms with Crippen LogP contribution in [-0.4, -0.2) is 23.4 Å². The first-order valence-electron chi connectivity index (χ1n) is 5.29. The van der Waals surface area contributed by atoms with Crippen molar-refractivity contribution in [2.75, 3.05) is 6.54 Å². The van der Waals surface area contributed by atoms with E-state index in [9.17, 15) is 9.18 Å². The van der Waals surface area contributed by atoms with E-state index in [4.69, 9.17) is 16.9 Å². The second-order valence-electron chi connectivity index (χ2n) is 3.89. The molecule has 0 aliphatic carbocycles. The lowest BCUT2D eigenvalue weighted by molar-refractivity contribution is 0.0760. The number of carbonyl (C=O) groups is 1. The summed E-state index contributed by atoms with van der Waals surface area (Å²) in [5, 5.41) is 8.81. The van der Waals surface area contributed by atoms with Crippen LogP contribution in [-0.2, 0) is 0 Å². The SMILES string of the molecule is N#CC1CCCN1C(=O)c1cccc(Cl)c1F. The highest BCUT2D eigenvalue weighted by molar-refractivity contribution is 6.31. The smallest absolute Gasteiger partial charge is 0.257 e. The van der Waals surface area contributed by atoms with E-state index in [1.807, 2.05) is 6.07 Å². The molecule has 1 aromatic rings. The number of nitrogens with zero attached hydrogens (tertiary/aromatic N) is 2. The molecule has 17 heavy (non-hydrogen) atoms. The molecule has 0 aromatic heterocycles. The van der Waals surface area contributed by atoms with Crippen molar-refractivity contribution in [1.82, 2.24) is 4.90 Å². The van der Waals surface area contributed by atoms with Crippen molar-refractivity contribution >= 4 is 17.5 Å². The van der Waals surface area contributed by atoms with Crippen molar-refractivity contribution in [3.05, 3.63) is 34.6 Å². The Morgan fingerprint density at radius 1 is 1.59 bits per heavy atom. The molecular formula is C12H10ClFN2O. The van der Waals surface area contributed by atoms with Crippen LogP contribution in [0.3, 0.4) is 0 Å². The average Bonchev–Trinajstić information content (AvgIpc) is 2.80. The highest BCUT2D eigenvalue weighted by atomic mass is 35.5. The van der Waals surface area contributed by atoms with Gasteiger partial charge in [-0.1, -0.05) is 17.7 Å². The number of likely N-dealkylation sites (tertiary alicyclic amines) is 1. The minimum atomic E-state index is -0.720. The maximum Gasteiger partial charge on any atom is 0.257 e. The standard InChI is InChI=1S/C12H10ClFN2O/c13-10-5-1-4-9(11(10)14)12(17)16-6-2-3-8(16)7-15/h1,4-5,8H,2-3,6H2. The highest BCUT2D eigenvalue weighted by Gasteiger charge is 2.30. The molecule has 5 heteroatoms. The van der Waals surface area contributed by atoms with Gasteiger partial charge in [0.1, 0.15) is 6.04 Å². The molecule has 1 aliphatic heterocycles. The molecule has 0 bridgehead atoms. The zero-order valence-corrected chi connectivity index (χ0v) is 9.75. The van der Waals surface area contributed by atoms with Crippen molar-refractivity contribution in [2.45, 2.75) is 18.9 Å². The van der Waals surface area contributed by atoms with Crippen LogP contribution in [0.2, 0.25) is 5.02 Å². The van der Waals surface area contributed by atoms with Crippen LogP contribution in [0.4, 0.5) is 4.39 Å². The molecule has 1 aromatic carbocycles. The van der Waals surface area contributed by atoms with Gasteiger partial charge in [-0.3, -0.25) is 4.79 Å². The zero-order chi connectivity index (χ0) is 12.4. The first kappa shape index (κ1) is 11.9. The van der Waals surface area contributed by atoms with Crippen LogP contribution in [0.5, 0.6) is 0 Å². The number of halogens is 2. The van der Waals surface area contributed by atoms with Gasteiger partial charge < -0.3 is 4.90 Å². The molecule has 0 saturated carbocycles. The van der Waals surface area contributed by atoms with Crippen LogP contribution in [0, 0.1) is 17.1 Å². The van der Waals surface area contributed by atoms with Crippen LogP contribution in [0.15, 0.2) is 18.2 Å². The molecule has 1 saturated heterocycles. The normalized spacial score (nSPS) is 19.1. The van der Waals surface area contributed by atoms with E-state index in [0.29, 0.717) is 13.0 Å². The van der Waals surface area contributed by atoms with Crippen molar-refractivity contribution in [2.24, 2.45) is 0 Å². The number of hydrogen-bond donors (Lipinski definition) is 0. The Bertz CT molecular complexity index is 498. The lowest BCUT2D eigenvalue weighted by Gasteiger charge is -2.19. The minimum absolute atomic E-state index is 0.0698. The Morgan fingerprint density at radius 3 is 3.06 bits per heavy atom. The molecule has 1 fully saturated rings. The average molecular weight is 253 g/mol. The van der Waals surface area contributed by atoms with E-state index in [-0.39, 0.29) is 10.6 Å². The van der Waals surface area contributed by atoms with E-state index < -0.39 is 17.8 Å². The van der Waals surface area contributed by atoms with Gasteiger partial charge in [0.15, 0.2) is 5.82 Å². The Kier molecular flexibility index (Phi) is 3.30. The fraction of sp³-hybridized carbons (Fsp3) is 0.333. The van der Waals surface area contributed by atoms with E-state index in [1.54, 1.807) is 0 Å². The molecule has 3 nitrogen and oxygen atoms in total. The molecular weight excluding hydrogens is 243 g/mol. The number of amides is 1. The first-order chi connectivity index (χ1) is 8.15. The molecule has 1 atom stereocenters. The highest BCUT2D eigenvalue weighted by Crippen LogP contribution is 2.23. The summed E-state index contributed by atoms with van der Waals surface area (Å²) in [6.07, 6.45) is 1.41. The molecule has 2 rings (SSSR count). The zero-order valence-electron chi connectivity index (χ0n) is 8.99. The monoisotopic (exact) mass is 252 g/mol. The summed E-state index contributed by atoms with van der Waals surface area (Å²) in [5.74, 6) is -1.18. The molecule has 0 spiro atoms. The van der Waals surface area contributed by atoms with E-state index >= 15 is 0 Å². The Morgan fingerprint density at radius 2 is 2.35 bits per heavy atom. The van der Waals surface area contributed by atoms with Gasteiger partial charge in [-0.05, 0) is 25.0 Å². The molecule has 0 radical (unpaired) electrons. The second-order valence-corrected chi connectivity index (χ2v) is 4.29. The summed E-state index contributed by atoms with van der Waals surface area (Å²) in [4.78, 5) is 13.5. The van der Waals surface area contributed by atoms with Gasteiger partial charge in [-0.2, -0.15) is 5.26 Å². The van der Waals surface area contributed by atoms with Gasteiger partial charge in [-0.15, -0.1) is 0 Å². The Balaban J connectivity index is 2.32. The molecule has 1 unspecified atom stereocenters. The first-order valence-corrected chi connectivity index (χ1v) is 5.67. The van der Waals surface area contributed by atoms with Gasteiger partial charge >= 0.3 is 0 Å². The predicted molar refractivity (Wildman–Crippen MR) is 61.1 cm³/mol. The van der Waals surface area contributed by atoms with Gasteiger partial charge in [0.25, 0.3) is 5.91 Å². The summed E-state index contributed by atoms with van der Waals surface area (Å²) in [5.41, 5.74) is -0.0698. The Labute approximate surface area is 103 Å². The number of benzene rings is 1. The Hall–Kier alpha value is -1.60. The van der Waals surface area contributed by atoms with Crippen LogP contribution < -0.4 is 0 Å². The number of rotatable bonds is 1. The second kappa shape index (κ2) is 4.72. The van der Waals surface area contributed by atoms with Gasteiger partial charge in [-0.25, -0.2) is 4.39 Å². The quantitative estimate of drug-likeness (QED) is 0.771. The maximum atomic E-state index is 13.7. The predicted octanol–water partition coefficient (Wildman–Crippen LogP) is 2.61. The van der Waals surface area contributed by atoms with Gasteiger partial charge in [0.05, 0.1) is 16.7 Å². The van der Waals surface area contributed by atoms with Crippen molar-refractivity contribution < 1.29 is 9.18 Å². The summed E-state index contributed by atoms with van der Waals surface area (Å²) in [6, 6.07) is 5.89. The molecule has 0 N–H and O–H groups in total. The third-order valence-corrected chi connectivity index (χ3v) is 3.14. The van der Waals surface area contributed by atoms with Crippen LogP contribution in [0.25, 0.3) is 0 Å². The molecule has 1 heterocycles. The summed E-state index contributed by atoms with van der Waals surface area (Å²) < 4.78 is 13.7. The van der Waals surface area contributed by atoms with E-state index in [2.05, 4.69) is 0 Å². The van der Waals surface area contributed by atoms with Gasteiger partial charge in [0.2, 0.25) is 0 Å². The molecule has 1 amide bonds. The fourth-order valence-corrected chi connectivity index (χ4v) is 2.14. The number of hydrogen-bond acceptors (Lipinski definition) is 2. The van der Waals surface area contributed by atoms with Gasteiger partial charge in [0, 0.05) is 6.54 Å². The molecule has 88 valence electrons. The third kappa shape index (κ3) is 2.11. The summed E-state index contributed by atoms with van der Waals surface area (Å²) >= 11 is 5.62. The van der Waals surface area contributed by atoms with Crippen molar-refractivity contribution in [3.63, 3.8) is 0 Å². The largest absolute Gasteiger partial charge is 0.323 e. The summed E-state index contributed by atoms with van der Waals surface area (Å²) in [6.45, 7) is 0.489. The van der Waals surface area contributed by atoms with E-state index in [1.165, 1.54) is 23.1 Å². The van der Waals surface area contributed by atoms with Crippen LogP contribution >= 0.6 is 11.6 Å².